The number of benzene rings is 1. The zero-order valence-corrected chi connectivity index (χ0v) is 11.2. The number of halogens is 2. The minimum atomic E-state index is -0.967. The summed E-state index contributed by atoms with van der Waals surface area (Å²) in [5.41, 5.74) is 0.535. The molecule has 1 aromatic heterocycles. The van der Waals surface area contributed by atoms with Crippen molar-refractivity contribution in [3.63, 3.8) is 0 Å². The molecule has 0 spiro atoms. The fraction of sp³-hybridized carbons (Fsp3) is 0.385. The summed E-state index contributed by atoms with van der Waals surface area (Å²) in [5, 5.41) is 9.65. The van der Waals surface area contributed by atoms with Crippen molar-refractivity contribution in [2.24, 2.45) is 0 Å². The summed E-state index contributed by atoms with van der Waals surface area (Å²) in [5.74, 6) is -1.46. The fourth-order valence-electron chi connectivity index (χ4n) is 1.84. The molecule has 0 unspecified atom stereocenters. The predicted octanol–water partition coefficient (Wildman–Crippen LogP) is 1.35. The van der Waals surface area contributed by atoms with Gasteiger partial charge < -0.3 is 14.7 Å². The summed E-state index contributed by atoms with van der Waals surface area (Å²) in [6.45, 7) is 0.489. The highest BCUT2D eigenvalue weighted by Crippen LogP contribution is 2.18. The average molecular weight is 283 g/mol. The van der Waals surface area contributed by atoms with E-state index in [1.807, 2.05) is 0 Å². The van der Waals surface area contributed by atoms with Gasteiger partial charge in [-0.15, -0.1) is 0 Å². The molecular weight excluding hydrogens is 268 g/mol. The first-order valence-electron chi connectivity index (χ1n) is 6.01. The summed E-state index contributed by atoms with van der Waals surface area (Å²) in [6, 6.07) is 2.00. The summed E-state index contributed by atoms with van der Waals surface area (Å²) < 4.78 is 31.1. The molecular formula is C13H15F2N3O2. The first-order chi connectivity index (χ1) is 9.51. The van der Waals surface area contributed by atoms with E-state index < -0.39 is 17.7 Å². The predicted molar refractivity (Wildman–Crippen MR) is 70.6 cm³/mol. The van der Waals surface area contributed by atoms with Gasteiger partial charge in [0.25, 0.3) is 0 Å². The Hall–Kier alpha value is -1.86. The molecule has 1 aromatic carbocycles. The summed E-state index contributed by atoms with van der Waals surface area (Å²) in [7, 11) is 3.21. The number of anilines is 1. The summed E-state index contributed by atoms with van der Waals surface area (Å²) in [4.78, 5) is 9.89. The highest BCUT2D eigenvalue weighted by molar-refractivity contribution is 5.75. The number of hydrogen-bond acceptors (Lipinski definition) is 5. The van der Waals surface area contributed by atoms with Crippen LogP contribution >= 0.6 is 0 Å². The number of fused-ring (bicyclic) bond motifs is 1. The zero-order chi connectivity index (χ0) is 14.7. The molecule has 1 N–H and O–H groups in total. The molecule has 1 atom stereocenters. The van der Waals surface area contributed by atoms with Crippen LogP contribution in [-0.2, 0) is 4.74 Å². The van der Waals surface area contributed by atoms with E-state index in [9.17, 15) is 13.9 Å². The van der Waals surface area contributed by atoms with Crippen LogP contribution in [0.4, 0.5) is 14.6 Å². The maximum absolute atomic E-state index is 13.2. The molecule has 2 rings (SSSR count). The Morgan fingerprint density at radius 1 is 1.30 bits per heavy atom. The van der Waals surface area contributed by atoms with Crippen LogP contribution in [0.25, 0.3) is 11.0 Å². The van der Waals surface area contributed by atoms with Crippen LogP contribution < -0.4 is 4.90 Å². The Morgan fingerprint density at radius 2 is 1.95 bits per heavy atom. The lowest BCUT2D eigenvalue weighted by Crippen LogP contribution is -2.32. The third kappa shape index (κ3) is 3.17. The van der Waals surface area contributed by atoms with E-state index in [-0.39, 0.29) is 24.2 Å². The number of rotatable bonds is 5. The van der Waals surface area contributed by atoms with Gasteiger partial charge in [0.05, 0.1) is 29.9 Å². The van der Waals surface area contributed by atoms with Crippen molar-refractivity contribution in [3.05, 3.63) is 30.0 Å². The van der Waals surface area contributed by atoms with Crippen molar-refractivity contribution in [1.82, 2.24) is 9.97 Å². The molecule has 0 saturated carbocycles. The monoisotopic (exact) mass is 283 g/mol. The van der Waals surface area contributed by atoms with Gasteiger partial charge in [-0.25, -0.2) is 13.8 Å². The van der Waals surface area contributed by atoms with Gasteiger partial charge in [0.15, 0.2) is 11.6 Å². The average Bonchev–Trinajstić information content (AvgIpc) is 2.39. The molecule has 5 nitrogen and oxygen atoms in total. The van der Waals surface area contributed by atoms with Gasteiger partial charge >= 0.3 is 0 Å². The Bertz CT molecular complexity index is 609. The van der Waals surface area contributed by atoms with E-state index in [1.165, 1.54) is 13.3 Å². The minimum Gasteiger partial charge on any atom is -0.389 e. The third-order valence-electron chi connectivity index (χ3n) is 2.81. The second-order valence-corrected chi connectivity index (χ2v) is 4.47. The first kappa shape index (κ1) is 14.5. The topological polar surface area (TPSA) is 58.5 Å². The van der Waals surface area contributed by atoms with Crippen LogP contribution in [0.1, 0.15) is 0 Å². The molecule has 0 bridgehead atoms. The molecule has 0 saturated heterocycles. The molecule has 0 aliphatic carbocycles. The number of nitrogens with zero attached hydrogens (tertiary/aromatic N) is 3. The second-order valence-electron chi connectivity index (χ2n) is 4.47. The van der Waals surface area contributed by atoms with Crippen molar-refractivity contribution >= 4 is 16.9 Å². The van der Waals surface area contributed by atoms with Gasteiger partial charge in [-0.3, -0.25) is 4.98 Å². The van der Waals surface area contributed by atoms with E-state index in [0.717, 1.165) is 12.1 Å². The van der Waals surface area contributed by atoms with Crippen LogP contribution in [0, 0.1) is 11.6 Å². The van der Waals surface area contributed by atoms with Gasteiger partial charge in [-0.2, -0.15) is 0 Å². The van der Waals surface area contributed by atoms with Gasteiger partial charge in [0.2, 0.25) is 0 Å². The smallest absolute Gasteiger partial charge is 0.161 e. The Labute approximate surface area is 114 Å². The first-order valence-corrected chi connectivity index (χ1v) is 6.01. The van der Waals surface area contributed by atoms with Gasteiger partial charge in [0, 0.05) is 32.8 Å². The lowest BCUT2D eigenvalue weighted by atomic mass is 10.3. The van der Waals surface area contributed by atoms with Crippen LogP contribution in [0.3, 0.4) is 0 Å². The SMILES string of the molecule is COC[C@H](O)CN(C)c1cnc2cc(F)c(F)cc2n1. The van der Waals surface area contributed by atoms with Crippen LogP contribution in [0.2, 0.25) is 0 Å². The normalized spacial score (nSPS) is 12.7. The number of methoxy groups -OCH3 is 1. The Morgan fingerprint density at radius 3 is 2.60 bits per heavy atom. The lowest BCUT2D eigenvalue weighted by molar-refractivity contribution is 0.0694. The highest BCUT2D eigenvalue weighted by Gasteiger charge is 2.12. The van der Waals surface area contributed by atoms with Gasteiger partial charge in [0.1, 0.15) is 5.82 Å². The largest absolute Gasteiger partial charge is 0.389 e. The van der Waals surface area contributed by atoms with Crippen molar-refractivity contribution in [2.45, 2.75) is 6.10 Å². The van der Waals surface area contributed by atoms with Crippen molar-refractivity contribution in [1.29, 1.82) is 0 Å². The number of aliphatic hydroxyl groups excluding tert-OH is 1. The molecule has 7 heteroatoms. The van der Waals surface area contributed by atoms with Crippen molar-refractivity contribution in [3.8, 4) is 0 Å². The minimum absolute atomic E-state index is 0.200. The number of hydrogen-bond donors (Lipinski definition) is 1. The molecule has 0 fully saturated rings. The van der Waals surface area contributed by atoms with E-state index in [1.54, 1.807) is 11.9 Å². The quantitative estimate of drug-likeness (QED) is 0.897. The van der Waals surface area contributed by atoms with Crippen molar-refractivity contribution < 1.29 is 18.6 Å². The number of likely N-dealkylation sites (N-methyl/N-ethyl adjacent to an activating group) is 1. The van der Waals surface area contributed by atoms with E-state index in [2.05, 4.69) is 9.97 Å². The van der Waals surface area contributed by atoms with Gasteiger partial charge in [-0.1, -0.05) is 0 Å². The molecule has 0 aliphatic rings. The lowest BCUT2D eigenvalue weighted by Gasteiger charge is -2.21. The fourth-order valence-corrected chi connectivity index (χ4v) is 1.84. The second kappa shape index (κ2) is 6.06. The van der Waals surface area contributed by atoms with E-state index in [4.69, 9.17) is 4.74 Å². The van der Waals surface area contributed by atoms with Crippen LogP contribution in [-0.4, -0.2) is 48.5 Å². The molecule has 2 aromatic rings. The molecule has 0 radical (unpaired) electrons. The van der Waals surface area contributed by atoms with Crippen LogP contribution in [0.15, 0.2) is 18.3 Å². The molecule has 20 heavy (non-hydrogen) atoms. The van der Waals surface area contributed by atoms with Crippen molar-refractivity contribution in [2.75, 3.05) is 32.2 Å². The Kier molecular flexibility index (Phi) is 4.41. The summed E-state index contributed by atoms with van der Waals surface area (Å²) >= 11 is 0. The summed E-state index contributed by atoms with van der Waals surface area (Å²) in [6.07, 6.45) is 0.770. The molecule has 108 valence electrons. The third-order valence-corrected chi connectivity index (χ3v) is 2.81. The van der Waals surface area contributed by atoms with E-state index >= 15 is 0 Å². The van der Waals surface area contributed by atoms with E-state index in [0.29, 0.717) is 5.82 Å². The molecule has 1 heterocycles. The number of aliphatic hydroxyl groups is 1. The maximum atomic E-state index is 13.2. The number of aromatic nitrogens is 2. The zero-order valence-electron chi connectivity index (χ0n) is 11.2. The van der Waals surface area contributed by atoms with Gasteiger partial charge in [-0.05, 0) is 0 Å². The Balaban J connectivity index is 2.24. The standard InChI is InChI=1S/C13H15F2N3O2/c1-18(6-8(19)7-20-2)13-5-16-11-3-9(14)10(15)4-12(11)17-13/h3-5,8,19H,6-7H2,1-2H3/t8-/m1/s1. The number of ether oxygens (including phenoxy) is 1. The molecule has 0 aliphatic heterocycles. The van der Waals surface area contributed by atoms with Crippen LogP contribution in [0.5, 0.6) is 0 Å². The maximum Gasteiger partial charge on any atom is 0.161 e. The highest BCUT2D eigenvalue weighted by atomic mass is 19.2. The molecule has 0 amide bonds.